The summed E-state index contributed by atoms with van der Waals surface area (Å²) in [7, 11) is 0. The Balaban J connectivity index is 0.000000614. The maximum Gasteiger partial charge on any atom is 0.254 e. The number of hydrogen-bond donors (Lipinski definition) is 4. The number of carbonyl (C=O) groups is 2. The van der Waals surface area contributed by atoms with Crippen molar-refractivity contribution in [1.29, 1.82) is 0 Å². The number of rotatable bonds is 6. The molecule has 1 saturated heterocycles. The van der Waals surface area contributed by atoms with E-state index < -0.39 is 5.79 Å². The molecule has 1 aliphatic rings. The van der Waals surface area contributed by atoms with Gasteiger partial charge in [-0.2, -0.15) is 0 Å². The van der Waals surface area contributed by atoms with E-state index in [4.69, 9.17) is 26.6 Å². The van der Waals surface area contributed by atoms with Crippen molar-refractivity contribution >= 4 is 23.4 Å². The van der Waals surface area contributed by atoms with Crippen LogP contribution in [-0.4, -0.2) is 63.6 Å². The monoisotopic (exact) mass is 450 g/mol. The van der Waals surface area contributed by atoms with E-state index in [0.29, 0.717) is 35.8 Å². The predicted molar refractivity (Wildman–Crippen MR) is 115 cm³/mol. The van der Waals surface area contributed by atoms with Gasteiger partial charge in [0.2, 0.25) is 0 Å². The van der Waals surface area contributed by atoms with Crippen molar-refractivity contribution in [3.05, 3.63) is 59.1 Å². The van der Waals surface area contributed by atoms with Gasteiger partial charge >= 0.3 is 0 Å². The fourth-order valence-corrected chi connectivity index (χ4v) is 2.99. The van der Waals surface area contributed by atoms with Crippen molar-refractivity contribution in [2.24, 2.45) is 5.92 Å². The number of aliphatic hydroxyl groups is 2. The topological polar surface area (TPSA) is 134 Å². The molecule has 1 fully saturated rings. The summed E-state index contributed by atoms with van der Waals surface area (Å²) in [5, 5.41) is 22.3. The summed E-state index contributed by atoms with van der Waals surface area (Å²) < 4.78 is 5.70. The molecule has 0 aliphatic carbocycles. The SMILES string of the molecule is CC(C)(O)O.O=C(NCC1COC(CNC(=O)c2ccccc2Cl)C1)c1cncnc1. The summed E-state index contributed by atoms with van der Waals surface area (Å²) in [5.74, 6) is -1.73. The van der Waals surface area contributed by atoms with Crippen LogP contribution in [0, 0.1) is 5.92 Å². The first kappa shape index (κ1) is 24.7. The summed E-state index contributed by atoms with van der Waals surface area (Å²) >= 11 is 6.02. The molecule has 9 nitrogen and oxygen atoms in total. The Morgan fingerprint density at radius 1 is 1.13 bits per heavy atom. The molecule has 3 rings (SSSR count). The number of hydrogen-bond acceptors (Lipinski definition) is 7. The average molecular weight is 451 g/mol. The first-order valence-electron chi connectivity index (χ1n) is 9.75. The van der Waals surface area contributed by atoms with Crippen LogP contribution in [0.4, 0.5) is 0 Å². The molecule has 2 amide bonds. The Labute approximate surface area is 185 Å². The lowest BCUT2D eigenvalue weighted by Gasteiger charge is -2.12. The number of aromatic nitrogens is 2. The molecule has 168 valence electrons. The lowest BCUT2D eigenvalue weighted by Crippen LogP contribution is -2.32. The van der Waals surface area contributed by atoms with Gasteiger partial charge in [0.15, 0.2) is 5.79 Å². The number of amides is 2. The number of benzene rings is 1. The number of carbonyl (C=O) groups excluding carboxylic acids is 2. The van der Waals surface area contributed by atoms with Crippen LogP contribution in [0.5, 0.6) is 0 Å². The largest absolute Gasteiger partial charge is 0.376 e. The lowest BCUT2D eigenvalue weighted by molar-refractivity contribution is -0.127. The third-order valence-electron chi connectivity index (χ3n) is 4.15. The molecule has 4 N–H and O–H groups in total. The Morgan fingerprint density at radius 3 is 2.39 bits per heavy atom. The van der Waals surface area contributed by atoms with Gasteiger partial charge in [-0.25, -0.2) is 9.97 Å². The predicted octanol–water partition coefficient (Wildman–Crippen LogP) is 1.40. The van der Waals surface area contributed by atoms with Crippen LogP contribution in [-0.2, 0) is 4.74 Å². The van der Waals surface area contributed by atoms with Crippen molar-refractivity contribution in [1.82, 2.24) is 20.6 Å². The zero-order valence-corrected chi connectivity index (χ0v) is 18.2. The molecule has 0 bridgehead atoms. The molecular weight excluding hydrogens is 424 g/mol. The Bertz CT molecular complexity index is 854. The molecule has 2 aromatic rings. The summed E-state index contributed by atoms with van der Waals surface area (Å²) in [5.41, 5.74) is 0.871. The maximum atomic E-state index is 12.2. The third-order valence-corrected chi connectivity index (χ3v) is 4.48. The van der Waals surface area contributed by atoms with Crippen LogP contribution in [0.3, 0.4) is 0 Å². The molecule has 0 saturated carbocycles. The molecule has 0 radical (unpaired) electrons. The van der Waals surface area contributed by atoms with Crippen LogP contribution >= 0.6 is 11.6 Å². The van der Waals surface area contributed by atoms with Crippen LogP contribution in [0.25, 0.3) is 0 Å². The number of ether oxygens (including phenoxy) is 1. The van der Waals surface area contributed by atoms with E-state index in [1.165, 1.54) is 32.6 Å². The smallest absolute Gasteiger partial charge is 0.254 e. The van der Waals surface area contributed by atoms with Crippen LogP contribution in [0.1, 0.15) is 41.0 Å². The van der Waals surface area contributed by atoms with Gasteiger partial charge in [-0.3, -0.25) is 9.59 Å². The first-order chi connectivity index (χ1) is 14.6. The highest BCUT2D eigenvalue weighted by Crippen LogP contribution is 2.19. The highest BCUT2D eigenvalue weighted by molar-refractivity contribution is 6.33. The van der Waals surface area contributed by atoms with E-state index in [0.717, 1.165) is 6.42 Å². The second-order valence-corrected chi connectivity index (χ2v) is 7.99. The first-order valence-corrected chi connectivity index (χ1v) is 10.1. The molecule has 2 unspecified atom stereocenters. The lowest BCUT2D eigenvalue weighted by atomic mass is 10.1. The van der Waals surface area contributed by atoms with Crippen molar-refractivity contribution < 1.29 is 24.5 Å². The summed E-state index contributed by atoms with van der Waals surface area (Å²) in [6.07, 6.45) is 5.00. The third kappa shape index (κ3) is 9.39. The number of nitrogens with zero attached hydrogens (tertiary/aromatic N) is 2. The van der Waals surface area contributed by atoms with Gasteiger partial charge in [0.05, 0.1) is 28.9 Å². The van der Waals surface area contributed by atoms with Gasteiger partial charge in [0.1, 0.15) is 6.33 Å². The van der Waals surface area contributed by atoms with Crippen molar-refractivity contribution in [2.45, 2.75) is 32.2 Å². The van der Waals surface area contributed by atoms with E-state index >= 15 is 0 Å². The van der Waals surface area contributed by atoms with Crippen LogP contribution in [0.2, 0.25) is 5.02 Å². The molecule has 2 atom stereocenters. The summed E-state index contributed by atoms with van der Waals surface area (Å²) in [6, 6.07) is 6.90. The standard InChI is InChI=1S/C18H19ClN4O3.C3H8O2/c19-16-4-2-1-3-15(16)18(25)23-9-14-5-12(10-26-14)6-22-17(24)13-7-20-11-21-8-13;1-3(2,4)5/h1-4,7-8,11-12,14H,5-6,9-10H2,(H,22,24)(H,23,25);4-5H,1-2H3. The molecule has 10 heteroatoms. The van der Waals surface area contributed by atoms with Gasteiger partial charge in [0, 0.05) is 31.4 Å². The second kappa shape index (κ2) is 11.7. The van der Waals surface area contributed by atoms with E-state index in [-0.39, 0.29) is 23.8 Å². The van der Waals surface area contributed by atoms with Gasteiger partial charge in [0.25, 0.3) is 11.8 Å². The van der Waals surface area contributed by atoms with Gasteiger partial charge in [-0.05, 0) is 32.4 Å². The van der Waals surface area contributed by atoms with Crippen molar-refractivity contribution in [2.75, 3.05) is 19.7 Å². The van der Waals surface area contributed by atoms with Gasteiger partial charge in [-0.15, -0.1) is 0 Å². The second-order valence-electron chi connectivity index (χ2n) is 7.58. The quantitative estimate of drug-likeness (QED) is 0.489. The fraction of sp³-hybridized carbons (Fsp3) is 0.429. The van der Waals surface area contributed by atoms with E-state index in [2.05, 4.69) is 20.6 Å². The molecule has 31 heavy (non-hydrogen) atoms. The average Bonchev–Trinajstić information content (AvgIpc) is 3.18. The molecular formula is C21H27ClN4O5. The van der Waals surface area contributed by atoms with Crippen molar-refractivity contribution in [3.63, 3.8) is 0 Å². The number of halogens is 1. The van der Waals surface area contributed by atoms with Crippen LogP contribution in [0.15, 0.2) is 43.0 Å². The normalized spacial score (nSPS) is 18.0. The fourth-order valence-electron chi connectivity index (χ4n) is 2.77. The summed E-state index contributed by atoms with van der Waals surface area (Å²) in [4.78, 5) is 31.8. The summed E-state index contributed by atoms with van der Waals surface area (Å²) in [6.45, 7) is 4.04. The van der Waals surface area contributed by atoms with Crippen LogP contribution < -0.4 is 10.6 Å². The molecule has 1 aromatic carbocycles. The molecule has 1 aromatic heterocycles. The van der Waals surface area contributed by atoms with Crippen molar-refractivity contribution in [3.8, 4) is 0 Å². The van der Waals surface area contributed by atoms with E-state index in [1.54, 1.807) is 24.3 Å². The molecule has 2 heterocycles. The molecule has 0 spiro atoms. The zero-order valence-electron chi connectivity index (χ0n) is 17.4. The highest BCUT2D eigenvalue weighted by atomic mass is 35.5. The Hall–Kier alpha value is -2.59. The van der Waals surface area contributed by atoms with Gasteiger partial charge < -0.3 is 25.6 Å². The Kier molecular flexibility index (Phi) is 9.32. The van der Waals surface area contributed by atoms with E-state index in [1.807, 2.05) is 0 Å². The number of nitrogens with one attached hydrogen (secondary N) is 2. The minimum atomic E-state index is -1.50. The Morgan fingerprint density at radius 2 is 1.74 bits per heavy atom. The minimum absolute atomic E-state index is 0.0802. The van der Waals surface area contributed by atoms with E-state index in [9.17, 15) is 9.59 Å². The maximum absolute atomic E-state index is 12.2. The van der Waals surface area contributed by atoms with Gasteiger partial charge in [-0.1, -0.05) is 23.7 Å². The zero-order chi connectivity index (χ0) is 22.9. The minimum Gasteiger partial charge on any atom is -0.376 e. The highest BCUT2D eigenvalue weighted by Gasteiger charge is 2.26. The molecule has 1 aliphatic heterocycles.